The van der Waals surface area contributed by atoms with Gasteiger partial charge in [0, 0.05) is 35.9 Å². The van der Waals surface area contributed by atoms with Gasteiger partial charge in [-0.15, -0.1) is 0 Å². The molecule has 2 aliphatic rings. The quantitative estimate of drug-likeness (QED) is 0.645. The fourth-order valence-corrected chi connectivity index (χ4v) is 4.98. The number of aromatic hydroxyl groups is 1. The second-order valence-corrected chi connectivity index (χ2v) is 8.60. The zero-order valence-corrected chi connectivity index (χ0v) is 16.4. The van der Waals surface area contributed by atoms with Gasteiger partial charge in [-0.1, -0.05) is 18.2 Å². The van der Waals surface area contributed by atoms with Crippen LogP contribution in [-0.4, -0.2) is 21.5 Å². The molecule has 2 atom stereocenters. The van der Waals surface area contributed by atoms with E-state index >= 15 is 0 Å². The Hall–Kier alpha value is -2.34. The maximum Gasteiger partial charge on any atom is 0.185 e. The molecular formula is C21H23FN2O2S. The van der Waals surface area contributed by atoms with E-state index in [4.69, 9.17) is 17.0 Å². The molecule has 2 heterocycles. The molecule has 0 aromatic heterocycles. The van der Waals surface area contributed by atoms with Gasteiger partial charge in [0.15, 0.2) is 10.8 Å². The molecular weight excluding hydrogens is 363 g/mol. The largest absolute Gasteiger partial charge is 0.508 e. The van der Waals surface area contributed by atoms with Gasteiger partial charge in [-0.3, -0.25) is 0 Å². The number of thiocarbonyl (C=S) groups is 1. The van der Waals surface area contributed by atoms with Gasteiger partial charge in [-0.25, -0.2) is 4.39 Å². The molecule has 2 aromatic rings. The summed E-state index contributed by atoms with van der Waals surface area (Å²) in [5.41, 5.74) is 1.37. The van der Waals surface area contributed by atoms with E-state index in [1.165, 1.54) is 6.07 Å². The first-order valence-corrected chi connectivity index (χ1v) is 9.46. The van der Waals surface area contributed by atoms with Crippen molar-refractivity contribution in [2.75, 3.05) is 0 Å². The Kier molecular flexibility index (Phi) is 4.07. The van der Waals surface area contributed by atoms with Gasteiger partial charge in [0.05, 0.1) is 0 Å². The minimum Gasteiger partial charge on any atom is -0.508 e. The highest BCUT2D eigenvalue weighted by Gasteiger charge is 2.49. The molecule has 0 amide bonds. The highest BCUT2D eigenvalue weighted by molar-refractivity contribution is 7.80. The number of rotatable bonds is 1. The molecule has 2 aliphatic heterocycles. The first-order chi connectivity index (χ1) is 12.7. The number of nitrogens with one attached hydrogen (secondary N) is 2. The Morgan fingerprint density at radius 1 is 1.22 bits per heavy atom. The van der Waals surface area contributed by atoms with Gasteiger partial charge in [0.25, 0.3) is 0 Å². The monoisotopic (exact) mass is 386 g/mol. The predicted molar refractivity (Wildman–Crippen MR) is 107 cm³/mol. The number of aryl methyl sites for hydroxylation is 1. The van der Waals surface area contributed by atoms with Crippen molar-refractivity contribution in [3.63, 3.8) is 0 Å². The minimum atomic E-state index is -0.772. The zero-order chi connectivity index (χ0) is 19.4. The summed E-state index contributed by atoms with van der Waals surface area (Å²) in [6.07, 6.45) is 1.18. The standard InChI is InChI=1S/C21H23FN2O2S/c1-12-8-13(25)9-17-18(12)15(14-6-4-5-7-16(14)22)10-21(26-17)11-20(2,3)23-19(27)24-21/h4-9,15,25H,10-11H2,1-3H3,(H2,23,24,27)/t15-,21+/m1/s1. The van der Waals surface area contributed by atoms with E-state index in [2.05, 4.69) is 24.5 Å². The smallest absolute Gasteiger partial charge is 0.185 e. The van der Waals surface area contributed by atoms with E-state index in [1.54, 1.807) is 18.2 Å². The van der Waals surface area contributed by atoms with Crippen LogP contribution in [0.25, 0.3) is 0 Å². The van der Waals surface area contributed by atoms with Crippen molar-refractivity contribution in [3.05, 3.63) is 58.9 Å². The third-order valence-corrected chi connectivity index (χ3v) is 5.53. The maximum absolute atomic E-state index is 14.7. The highest BCUT2D eigenvalue weighted by Crippen LogP contribution is 2.49. The predicted octanol–water partition coefficient (Wildman–Crippen LogP) is 4.10. The molecule has 0 radical (unpaired) electrons. The SMILES string of the molecule is Cc1cc(O)cc2c1[C@@H](c1ccccc1F)C[C@@]1(CC(C)(C)NC(=S)N1)O2. The van der Waals surface area contributed by atoms with Gasteiger partial charge in [-0.05, 0) is 56.2 Å². The van der Waals surface area contributed by atoms with E-state index in [0.717, 1.165) is 11.1 Å². The molecule has 0 aliphatic carbocycles. The van der Waals surface area contributed by atoms with Crippen molar-refractivity contribution in [1.82, 2.24) is 10.6 Å². The first kappa shape index (κ1) is 18.0. The molecule has 1 fully saturated rings. The lowest BCUT2D eigenvalue weighted by molar-refractivity contribution is -0.0132. The number of hydrogen-bond acceptors (Lipinski definition) is 3. The second-order valence-electron chi connectivity index (χ2n) is 8.19. The molecule has 1 spiro atoms. The molecule has 27 heavy (non-hydrogen) atoms. The third kappa shape index (κ3) is 3.23. The second kappa shape index (κ2) is 6.09. The van der Waals surface area contributed by atoms with Gasteiger partial charge in [0.1, 0.15) is 17.3 Å². The lowest BCUT2D eigenvalue weighted by Gasteiger charge is -2.50. The summed E-state index contributed by atoms with van der Waals surface area (Å²) >= 11 is 5.41. The van der Waals surface area contributed by atoms with Crippen molar-refractivity contribution in [3.8, 4) is 11.5 Å². The summed E-state index contributed by atoms with van der Waals surface area (Å²) in [4.78, 5) is 0. The topological polar surface area (TPSA) is 53.5 Å². The Morgan fingerprint density at radius 3 is 2.67 bits per heavy atom. The van der Waals surface area contributed by atoms with Gasteiger partial charge in [0.2, 0.25) is 0 Å². The number of benzene rings is 2. The van der Waals surface area contributed by atoms with Crippen LogP contribution in [0, 0.1) is 12.7 Å². The van der Waals surface area contributed by atoms with Crippen molar-refractivity contribution >= 4 is 17.3 Å². The van der Waals surface area contributed by atoms with E-state index < -0.39 is 5.72 Å². The number of halogens is 1. The van der Waals surface area contributed by atoms with Gasteiger partial charge in [-0.2, -0.15) is 0 Å². The number of hydrogen-bond donors (Lipinski definition) is 3. The number of phenolic OH excluding ortho intramolecular Hbond substituents is 1. The van der Waals surface area contributed by atoms with Crippen molar-refractivity contribution in [2.45, 2.75) is 50.8 Å². The minimum absolute atomic E-state index is 0.131. The van der Waals surface area contributed by atoms with Crippen LogP contribution in [0.5, 0.6) is 11.5 Å². The van der Waals surface area contributed by atoms with Crippen LogP contribution in [-0.2, 0) is 0 Å². The lowest BCUT2D eigenvalue weighted by Crippen LogP contribution is -2.69. The molecule has 1 saturated heterocycles. The van der Waals surface area contributed by atoms with Crippen molar-refractivity contribution in [1.29, 1.82) is 0 Å². The molecule has 6 heteroatoms. The number of ether oxygens (including phenoxy) is 1. The summed E-state index contributed by atoms with van der Waals surface area (Å²) in [6, 6.07) is 10.1. The molecule has 0 unspecified atom stereocenters. The molecule has 4 nitrogen and oxygen atoms in total. The summed E-state index contributed by atoms with van der Waals surface area (Å²) in [5.74, 6) is 0.250. The van der Waals surface area contributed by atoms with Crippen LogP contribution >= 0.6 is 12.2 Å². The Morgan fingerprint density at radius 2 is 1.96 bits per heavy atom. The van der Waals surface area contributed by atoms with E-state index in [0.29, 0.717) is 29.3 Å². The average Bonchev–Trinajstić information content (AvgIpc) is 2.51. The third-order valence-electron chi connectivity index (χ3n) is 5.32. The highest BCUT2D eigenvalue weighted by atomic mass is 32.1. The lowest BCUT2D eigenvalue weighted by atomic mass is 9.76. The zero-order valence-electron chi connectivity index (χ0n) is 15.6. The molecule has 3 N–H and O–H groups in total. The Labute approximate surface area is 163 Å². The number of fused-ring (bicyclic) bond motifs is 1. The molecule has 142 valence electrons. The van der Waals surface area contributed by atoms with Crippen LogP contribution in [0.1, 0.15) is 49.3 Å². The summed E-state index contributed by atoms with van der Waals surface area (Å²) in [7, 11) is 0. The van der Waals surface area contributed by atoms with Gasteiger partial charge >= 0.3 is 0 Å². The van der Waals surface area contributed by atoms with E-state index in [-0.39, 0.29) is 23.0 Å². The average molecular weight is 386 g/mol. The van der Waals surface area contributed by atoms with Crippen LogP contribution in [0.2, 0.25) is 0 Å². The fourth-order valence-electron chi connectivity index (χ4n) is 4.52. The molecule has 2 aromatic carbocycles. The van der Waals surface area contributed by atoms with Crippen LogP contribution < -0.4 is 15.4 Å². The van der Waals surface area contributed by atoms with Gasteiger partial charge < -0.3 is 20.5 Å². The summed E-state index contributed by atoms with van der Waals surface area (Å²) in [6.45, 7) is 6.04. The van der Waals surface area contributed by atoms with Crippen LogP contribution in [0.15, 0.2) is 36.4 Å². The Balaban J connectivity index is 1.89. The fraction of sp³-hybridized carbons (Fsp3) is 0.381. The Bertz CT molecular complexity index is 930. The normalized spacial score (nSPS) is 25.9. The van der Waals surface area contributed by atoms with E-state index in [1.807, 2.05) is 19.1 Å². The first-order valence-electron chi connectivity index (χ1n) is 9.05. The summed E-state index contributed by atoms with van der Waals surface area (Å²) < 4.78 is 21.1. The number of phenols is 1. The van der Waals surface area contributed by atoms with Crippen molar-refractivity contribution in [2.24, 2.45) is 0 Å². The van der Waals surface area contributed by atoms with Crippen LogP contribution in [0.4, 0.5) is 4.39 Å². The van der Waals surface area contributed by atoms with E-state index in [9.17, 15) is 9.50 Å². The maximum atomic E-state index is 14.7. The summed E-state index contributed by atoms with van der Waals surface area (Å²) in [5, 5.41) is 17.2. The van der Waals surface area contributed by atoms with Crippen LogP contribution in [0.3, 0.4) is 0 Å². The molecule has 4 rings (SSSR count). The molecule has 0 bridgehead atoms. The van der Waals surface area contributed by atoms with Crippen molar-refractivity contribution < 1.29 is 14.2 Å². The molecule has 0 saturated carbocycles.